The third kappa shape index (κ3) is 3.67. The minimum absolute atomic E-state index is 0.196. The van der Waals surface area contributed by atoms with E-state index in [-0.39, 0.29) is 11.9 Å². The molecule has 0 aliphatic heterocycles. The number of nitrogens with two attached hydrogens (primary N) is 1. The molecule has 0 bridgehead atoms. The van der Waals surface area contributed by atoms with Crippen LogP contribution in [-0.2, 0) is 0 Å². The molecular weight excluding hydrogens is 251 g/mol. The van der Waals surface area contributed by atoms with Gasteiger partial charge >= 0.3 is 0 Å². The molecular formula is C14H20ClFN2. The van der Waals surface area contributed by atoms with Crippen LogP contribution in [0.5, 0.6) is 0 Å². The lowest BCUT2D eigenvalue weighted by Gasteiger charge is -2.19. The molecule has 1 fully saturated rings. The van der Waals surface area contributed by atoms with Gasteiger partial charge in [-0.2, -0.15) is 0 Å². The molecule has 1 aromatic rings. The van der Waals surface area contributed by atoms with E-state index in [2.05, 4.69) is 5.32 Å². The molecule has 1 aromatic carbocycles. The zero-order chi connectivity index (χ0) is 13.0. The summed E-state index contributed by atoms with van der Waals surface area (Å²) < 4.78 is 13.8. The van der Waals surface area contributed by atoms with Crippen LogP contribution >= 0.6 is 11.6 Å². The summed E-state index contributed by atoms with van der Waals surface area (Å²) in [4.78, 5) is 0. The van der Waals surface area contributed by atoms with Gasteiger partial charge in [0.05, 0.1) is 0 Å². The Bertz CT molecular complexity index is 373. The number of hydrogen-bond donors (Lipinski definition) is 2. The van der Waals surface area contributed by atoms with Crippen molar-refractivity contribution in [2.45, 2.75) is 31.7 Å². The van der Waals surface area contributed by atoms with Crippen molar-refractivity contribution in [3.63, 3.8) is 0 Å². The fraction of sp³-hybridized carbons (Fsp3) is 0.571. The molecule has 0 aromatic heterocycles. The van der Waals surface area contributed by atoms with Gasteiger partial charge in [-0.1, -0.05) is 30.5 Å². The highest BCUT2D eigenvalue weighted by Gasteiger charge is 2.21. The average molecular weight is 271 g/mol. The summed E-state index contributed by atoms with van der Waals surface area (Å²) in [5, 5.41) is 3.75. The van der Waals surface area contributed by atoms with Crippen LogP contribution in [0.25, 0.3) is 0 Å². The Morgan fingerprint density at radius 3 is 2.83 bits per heavy atom. The second-order valence-corrected chi connectivity index (χ2v) is 5.37. The minimum atomic E-state index is -0.285. The summed E-state index contributed by atoms with van der Waals surface area (Å²) in [6, 6.07) is 4.55. The zero-order valence-corrected chi connectivity index (χ0v) is 11.2. The molecule has 18 heavy (non-hydrogen) atoms. The summed E-state index contributed by atoms with van der Waals surface area (Å²) in [5.74, 6) is 0.646. The van der Waals surface area contributed by atoms with Crippen LogP contribution in [0.4, 0.5) is 4.39 Å². The van der Waals surface area contributed by atoms with Crippen LogP contribution < -0.4 is 11.1 Å². The molecule has 0 saturated heterocycles. The van der Waals surface area contributed by atoms with Crippen molar-refractivity contribution >= 4 is 11.6 Å². The van der Waals surface area contributed by atoms with Gasteiger partial charge in [-0.25, -0.2) is 4.39 Å². The number of nitrogens with one attached hydrogen (secondary N) is 1. The lowest BCUT2D eigenvalue weighted by atomic mass is 10.1. The van der Waals surface area contributed by atoms with Crippen LogP contribution in [0, 0.1) is 11.7 Å². The van der Waals surface area contributed by atoms with Gasteiger partial charge in [0.1, 0.15) is 5.82 Å². The Labute approximate surface area is 113 Å². The predicted molar refractivity (Wildman–Crippen MR) is 73.2 cm³/mol. The van der Waals surface area contributed by atoms with E-state index in [4.69, 9.17) is 17.3 Å². The summed E-state index contributed by atoms with van der Waals surface area (Å²) in [5.41, 5.74) is 6.20. The van der Waals surface area contributed by atoms with Crippen molar-refractivity contribution in [3.8, 4) is 0 Å². The lowest BCUT2D eigenvalue weighted by molar-refractivity contribution is 0.489. The summed E-state index contributed by atoms with van der Waals surface area (Å²) in [6.45, 7) is 1.22. The Balaban J connectivity index is 1.89. The van der Waals surface area contributed by atoms with E-state index >= 15 is 0 Å². The van der Waals surface area contributed by atoms with Gasteiger partial charge in [0, 0.05) is 23.2 Å². The van der Waals surface area contributed by atoms with Crippen molar-refractivity contribution in [2.75, 3.05) is 13.1 Å². The van der Waals surface area contributed by atoms with Gasteiger partial charge in [0.25, 0.3) is 0 Å². The van der Waals surface area contributed by atoms with E-state index in [9.17, 15) is 4.39 Å². The third-order valence-electron chi connectivity index (χ3n) is 3.46. The van der Waals surface area contributed by atoms with Gasteiger partial charge in [-0.15, -0.1) is 0 Å². The standard InChI is InChI=1S/C14H20ClFN2/c15-11-4-1-5-12(16)14(11)13(9-17)18-8-2-3-10-6-7-10/h1,4-5,10,13,18H,2-3,6-9,17H2. The maximum atomic E-state index is 13.8. The van der Waals surface area contributed by atoms with Gasteiger partial charge < -0.3 is 11.1 Å². The molecule has 1 aliphatic rings. The van der Waals surface area contributed by atoms with Crippen LogP contribution in [0.3, 0.4) is 0 Å². The topological polar surface area (TPSA) is 38.0 Å². The van der Waals surface area contributed by atoms with Gasteiger partial charge in [0.15, 0.2) is 0 Å². The molecule has 1 aliphatic carbocycles. The monoisotopic (exact) mass is 270 g/mol. The second-order valence-electron chi connectivity index (χ2n) is 4.96. The molecule has 1 saturated carbocycles. The Hall–Kier alpha value is -0.640. The van der Waals surface area contributed by atoms with E-state index in [0.717, 1.165) is 18.9 Å². The van der Waals surface area contributed by atoms with Crippen LogP contribution in [-0.4, -0.2) is 13.1 Å². The first kappa shape index (κ1) is 13.8. The molecule has 0 amide bonds. The van der Waals surface area contributed by atoms with Crippen LogP contribution in [0.1, 0.15) is 37.3 Å². The van der Waals surface area contributed by atoms with Crippen LogP contribution in [0.15, 0.2) is 18.2 Å². The number of benzene rings is 1. The first-order chi connectivity index (χ1) is 8.72. The summed E-state index contributed by atoms with van der Waals surface area (Å²) in [6.07, 6.45) is 5.13. The van der Waals surface area contributed by atoms with E-state index in [1.165, 1.54) is 25.3 Å². The zero-order valence-electron chi connectivity index (χ0n) is 10.5. The molecule has 2 rings (SSSR count). The highest BCUT2D eigenvalue weighted by molar-refractivity contribution is 6.31. The van der Waals surface area contributed by atoms with Crippen molar-refractivity contribution in [3.05, 3.63) is 34.6 Å². The Morgan fingerprint density at radius 2 is 2.22 bits per heavy atom. The largest absolute Gasteiger partial charge is 0.329 e. The van der Waals surface area contributed by atoms with Crippen molar-refractivity contribution in [1.29, 1.82) is 0 Å². The van der Waals surface area contributed by atoms with Crippen molar-refractivity contribution in [1.82, 2.24) is 5.32 Å². The SMILES string of the molecule is NCC(NCCCC1CC1)c1c(F)cccc1Cl. The van der Waals surface area contributed by atoms with Crippen molar-refractivity contribution < 1.29 is 4.39 Å². The summed E-state index contributed by atoms with van der Waals surface area (Å²) in [7, 11) is 0. The Kier molecular flexibility index (Phi) is 4.98. The molecule has 0 spiro atoms. The molecule has 2 nitrogen and oxygen atoms in total. The number of halogens is 2. The molecule has 4 heteroatoms. The van der Waals surface area contributed by atoms with Gasteiger partial charge in [-0.05, 0) is 37.4 Å². The average Bonchev–Trinajstić information content (AvgIpc) is 3.15. The lowest BCUT2D eigenvalue weighted by Crippen LogP contribution is -2.30. The molecule has 1 atom stereocenters. The van der Waals surface area contributed by atoms with E-state index in [0.29, 0.717) is 17.1 Å². The molecule has 100 valence electrons. The quantitative estimate of drug-likeness (QED) is 0.747. The van der Waals surface area contributed by atoms with E-state index in [1.807, 2.05) is 0 Å². The van der Waals surface area contributed by atoms with E-state index in [1.54, 1.807) is 12.1 Å². The third-order valence-corrected chi connectivity index (χ3v) is 3.79. The fourth-order valence-electron chi connectivity index (χ4n) is 2.22. The molecule has 3 N–H and O–H groups in total. The molecule has 1 unspecified atom stereocenters. The highest BCUT2D eigenvalue weighted by Crippen LogP contribution is 2.33. The summed E-state index contributed by atoms with van der Waals surface area (Å²) >= 11 is 6.04. The maximum Gasteiger partial charge on any atom is 0.129 e. The highest BCUT2D eigenvalue weighted by atomic mass is 35.5. The predicted octanol–water partition coefficient (Wildman–Crippen LogP) is 3.26. The Morgan fingerprint density at radius 1 is 1.44 bits per heavy atom. The first-order valence-electron chi connectivity index (χ1n) is 6.59. The van der Waals surface area contributed by atoms with Crippen molar-refractivity contribution in [2.24, 2.45) is 11.7 Å². The van der Waals surface area contributed by atoms with Gasteiger partial charge in [0.2, 0.25) is 0 Å². The minimum Gasteiger partial charge on any atom is -0.329 e. The first-order valence-corrected chi connectivity index (χ1v) is 6.97. The second kappa shape index (κ2) is 6.50. The number of rotatable bonds is 7. The van der Waals surface area contributed by atoms with Crippen LogP contribution in [0.2, 0.25) is 5.02 Å². The van der Waals surface area contributed by atoms with Gasteiger partial charge in [-0.3, -0.25) is 0 Å². The molecule has 0 heterocycles. The number of hydrogen-bond acceptors (Lipinski definition) is 2. The van der Waals surface area contributed by atoms with E-state index < -0.39 is 0 Å². The molecule has 0 radical (unpaired) electrons. The smallest absolute Gasteiger partial charge is 0.129 e. The maximum absolute atomic E-state index is 13.8. The normalized spacial score (nSPS) is 16.8. The fourth-order valence-corrected chi connectivity index (χ4v) is 2.52.